The summed E-state index contributed by atoms with van der Waals surface area (Å²) in [6.07, 6.45) is 0. The number of halogens is 1. The third kappa shape index (κ3) is 3.78. The topological polar surface area (TPSA) is 142 Å². The summed E-state index contributed by atoms with van der Waals surface area (Å²) in [4.78, 5) is 28.0. The molecule has 2 heterocycles. The van der Waals surface area contributed by atoms with Gasteiger partial charge in [-0.2, -0.15) is 4.98 Å². The maximum absolute atomic E-state index is 13.5. The minimum Gasteiger partial charge on any atom is -0.366 e. The number of rotatable bonds is 6. The molecule has 2 aromatic carbocycles. The van der Waals surface area contributed by atoms with Crippen molar-refractivity contribution in [3.63, 3.8) is 0 Å². The van der Waals surface area contributed by atoms with Gasteiger partial charge in [0.25, 0.3) is 11.9 Å². The quantitative estimate of drug-likeness (QED) is 0.437. The summed E-state index contributed by atoms with van der Waals surface area (Å²) >= 11 is 0. The van der Waals surface area contributed by atoms with E-state index in [9.17, 15) is 14.0 Å². The molecular formula is C21H18FN7O2. The molecule has 0 spiro atoms. The largest absolute Gasteiger partial charge is 0.366 e. The Bertz CT molecular complexity index is 1330. The van der Waals surface area contributed by atoms with Gasteiger partial charge in [0.15, 0.2) is 11.5 Å². The first kappa shape index (κ1) is 20.0. The third-order valence-corrected chi connectivity index (χ3v) is 4.75. The van der Waals surface area contributed by atoms with Gasteiger partial charge in [-0.25, -0.2) is 4.39 Å². The molecule has 2 amide bonds. The first-order chi connectivity index (χ1) is 14.8. The lowest BCUT2D eigenvalue weighted by atomic mass is 10.1. The van der Waals surface area contributed by atoms with E-state index in [0.717, 1.165) is 5.69 Å². The highest BCUT2D eigenvalue weighted by Gasteiger charge is 2.19. The zero-order valence-electron chi connectivity index (χ0n) is 16.5. The van der Waals surface area contributed by atoms with Crippen molar-refractivity contribution in [1.29, 1.82) is 0 Å². The van der Waals surface area contributed by atoms with Gasteiger partial charge >= 0.3 is 0 Å². The number of benzene rings is 2. The Labute approximate surface area is 175 Å². The summed E-state index contributed by atoms with van der Waals surface area (Å²) in [6, 6.07) is 12.9. The number of aryl methyl sites for hydroxylation is 1. The van der Waals surface area contributed by atoms with Gasteiger partial charge in [-0.3, -0.25) is 14.2 Å². The van der Waals surface area contributed by atoms with E-state index in [-0.39, 0.29) is 29.8 Å². The van der Waals surface area contributed by atoms with Crippen molar-refractivity contribution >= 4 is 28.5 Å². The number of nitrogens with zero attached hydrogens (tertiary/aromatic N) is 4. The summed E-state index contributed by atoms with van der Waals surface area (Å²) < 4.78 is 15.1. The molecule has 0 fully saturated rings. The van der Waals surface area contributed by atoms with Crippen LogP contribution in [0.5, 0.6) is 0 Å². The van der Waals surface area contributed by atoms with Gasteiger partial charge in [0.2, 0.25) is 5.91 Å². The highest BCUT2D eigenvalue weighted by molar-refractivity contribution is 6.06. The second kappa shape index (κ2) is 7.82. The number of carbonyl (C=O) groups excluding carboxylic acids is 2. The van der Waals surface area contributed by atoms with Crippen LogP contribution in [-0.2, 0) is 6.54 Å². The van der Waals surface area contributed by atoms with Crippen LogP contribution >= 0.6 is 0 Å². The molecule has 31 heavy (non-hydrogen) atoms. The molecule has 0 aliphatic heterocycles. The third-order valence-electron chi connectivity index (χ3n) is 4.75. The molecule has 0 unspecified atom stereocenters. The first-order valence-electron chi connectivity index (χ1n) is 9.29. The molecule has 0 radical (unpaired) electrons. The number of nitrogens with one attached hydrogen (secondary N) is 1. The second-order valence-electron chi connectivity index (χ2n) is 6.88. The molecule has 4 rings (SSSR count). The Hall–Kier alpha value is -4.34. The van der Waals surface area contributed by atoms with Crippen LogP contribution in [0.3, 0.4) is 0 Å². The standard InChI is InChI=1S/C21H18FN7O2/c1-11-8-15-14(18(23)30)6-3-7-16(15)29(11)21-26-20(17(19(24)31)27-28-21)25-10-12-4-2-5-13(22)9-12/h2-9H,10H2,1H3,(H2,23,30)(H2,24,31)(H,25,26,28). The number of amides is 2. The second-order valence-corrected chi connectivity index (χ2v) is 6.88. The SMILES string of the molecule is Cc1cc2c(C(N)=O)cccc2n1-c1nnc(C(N)=O)c(NCc2cccc(F)c2)n1. The number of fused-ring (bicyclic) bond motifs is 1. The summed E-state index contributed by atoms with van der Waals surface area (Å²) in [5.74, 6) is -1.47. The highest BCUT2D eigenvalue weighted by Crippen LogP contribution is 2.26. The summed E-state index contributed by atoms with van der Waals surface area (Å²) in [5.41, 5.74) is 13.1. The number of hydrogen-bond donors (Lipinski definition) is 3. The molecule has 0 aliphatic rings. The molecule has 0 saturated heterocycles. The van der Waals surface area contributed by atoms with E-state index in [1.807, 2.05) is 6.92 Å². The number of anilines is 1. The fourth-order valence-electron chi connectivity index (χ4n) is 3.38. The van der Waals surface area contributed by atoms with E-state index in [1.165, 1.54) is 12.1 Å². The Morgan fingerprint density at radius 1 is 1.06 bits per heavy atom. The van der Waals surface area contributed by atoms with Crippen molar-refractivity contribution in [2.24, 2.45) is 11.5 Å². The van der Waals surface area contributed by atoms with Gasteiger partial charge in [-0.05, 0) is 42.8 Å². The van der Waals surface area contributed by atoms with Crippen LogP contribution in [0.25, 0.3) is 16.9 Å². The number of hydrogen-bond acceptors (Lipinski definition) is 6. The van der Waals surface area contributed by atoms with Gasteiger partial charge in [-0.15, -0.1) is 10.2 Å². The number of primary amides is 2. The van der Waals surface area contributed by atoms with Gasteiger partial charge in [0.1, 0.15) is 5.82 Å². The zero-order chi connectivity index (χ0) is 22.1. The number of nitrogens with two attached hydrogens (primary N) is 2. The van der Waals surface area contributed by atoms with Crippen molar-refractivity contribution in [2.45, 2.75) is 13.5 Å². The molecule has 4 aromatic rings. The molecular weight excluding hydrogens is 401 g/mol. The van der Waals surface area contributed by atoms with Crippen LogP contribution in [0.1, 0.15) is 32.1 Å². The minimum atomic E-state index is -0.807. The van der Waals surface area contributed by atoms with Crippen LogP contribution < -0.4 is 16.8 Å². The van der Waals surface area contributed by atoms with Crippen molar-refractivity contribution in [3.8, 4) is 5.95 Å². The average molecular weight is 419 g/mol. The fraction of sp³-hybridized carbons (Fsp3) is 0.0952. The molecule has 5 N–H and O–H groups in total. The molecule has 156 valence electrons. The maximum atomic E-state index is 13.5. The van der Waals surface area contributed by atoms with E-state index >= 15 is 0 Å². The highest BCUT2D eigenvalue weighted by atomic mass is 19.1. The summed E-state index contributed by atoms with van der Waals surface area (Å²) in [7, 11) is 0. The molecule has 0 aliphatic carbocycles. The number of carbonyl (C=O) groups is 2. The van der Waals surface area contributed by atoms with E-state index < -0.39 is 11.8 Å². The Morgan fingerprint density at radius 2 is 1.84 bits per heavy atom. The molecule has 10 heteroatoms. The normalized spacial score (nSPS) is 10.9. The summed E-state index contributed by atoms with van der Waals surface area (Å²) in [6.45, 7) is 2.00. The average Bonchev–Trinajstić information content (AvgIpc) is 3.07. The Kier molecular flexibility index (Phi) is 5.04. The van der Waals surface area contributed by atoms with E-state index in [0.29, 0.717) is 22.0 Å². The summed E-state index contributed by atoms with van der Waals surface area (Å²) in [5, 5.41) is 11.6. The van der Waals surface area contributed by atoms with Crippen molar-refractivity contribution in [3.05, 3.63) is 76.9 Å². The van der Waals surface area contributed by atoms with E-state index in [4.69, 9.17) is 11.5 Å². The monoisotopic (exact) mass is 419 g/mol. The predicted molar refractivity (Wildman–Crippen MR) is 112 cm³/mol. The maximum Gasteiger partial charge on any atom is 0.273 e. The van der Waals surface area contributed by atoms with Gasteiger partial charge in [0, 0.05) is 23.2 Å². The van der Waals surface area contributed by atoms with Crippen LogP contribution in [0, 0.1) is 12.7 Å². The smallest absolute Gasteiger partial charge is 0.273 e. The Morgan fingerprint density at radius 3 is 2.55 bits per heavy atom. The molecule has 0 saturated carbocycles. The first-order valence-corrected chi connectivity index (χ1v) is 9.29. The minimum absolute atomic E-state index is 0.106. The van der Waals surface area contributed by atoms with Crippen LogP contribution in [0.15, 0.2) is 48.5 Å². The lowest BCUT2D eigenvalue weighted by molar-refractivity contribution is 0.0989. The van der Waals surface area contributed by atoms with Crippen LogP contribution in [0.2, 0.25) is 0 Å². The van der Waals surface area contributed by atoms with Crippen LogP contribution in [0.4, 0.5) is 10.2 Å². The van der Waals surface area contributed by atoms with Gasteiger partial charge < -0.3 is 16.8 Å². The molecule has 9 nitrogen and oxygen atoms in total. The predicted octanol–water partition coefficient (Wildman–Crippen LogP) is 2.07. The molecule has 2 aromatic heterocycles. The zero-order valence-corrected chi connectivity index (χ0v) is 16.5. The lowest BCUT2D eigenvalue weighted by Crippen LogP contribution is -2.20. The van der Waals surface area contributed by atoms with E-state index in [2.05, 4.69) is 20.5 Å². The number of aromatic nitrogens is 4. The van der Waals surface area contributed by atoms with E-state index in [1.54, 1.807) is 41.0 Å². The molecule has 0 bridgehead atoms. The van der Waals surface area contributed by atoms with Crippen molar-refractivity contribution in [2.75, 3.05) is 5.32 Å². The van der Waals surface area contributed by atoms with Gasteiger partial charge in [0.05, 0.1) is 5.52 Å². The molecule has 0 atom stereocenters. The lowest BCUT2D eigenvalue weighted by Gasteiger charge is -2.12. The Balaban J connectivity index is 1.79. The van der Waals surface area contributed by atoms with Crippen molar-refractivity contribution in [1.82, 2.24) is 19.7 Å². The fourth-order valence-corrected chi connectivity index (χ4v) is 3.38. The van der Waals surface area contributed by atoms with Crippen molar-refractivity contribution < 1.29 is 14.0 Å². The van der Waals surface area contributed by atoms with Crippen LogP contribution in [-0.4, -0.2) is 31.6 Å². The van der Waals surface area contributed by atoms with Gasteiger partial charge in [-0.1, -0.05) is 18.2 Å².